The maximum atomic E-state index is 8.56. The fraction of sp³-hybridized carbons (Fsp3) is 0.333. The van der Waals surface area contributed by atoms with Crippen LogP contribution in [0.15, 0.2) is 24.3 Å². The number of rotatable bonds is 4. The van der Waals surface area contributed by atoms with Crippen LogP contribution in [-0.4, -0.2) is 23.7 Å². The predicted octanol–water partition coefficient (Wildman–Crippen LogP) is 2.19. The van der Waals surface area contributed by atoms with E-state index in [1.165, 1.54) is 0 Å². The lowest BCUT2D eigenvalue weighted by Crippen LogP contribution is -1.97. The van der Waals surface area contributed by atoms with Crippen LogP contribution in [0.3, 0.4) is 0 Å². The molecule has 0 heterocycles. The normalized spacial score (nSPS) is 9.20. The second kappa shape index (κ2) is 7.33. The zero-order valence-corrected chi connectivity index (χ0v) is 9.96. The first-order chi connectivity index (χ1) is 7.36. The van der Waals surface area contributed by atoms with Gasteiger partial charge in [-0.2, -0.15) is 0 Å². The van der Waals surface area contributed by atoms with Crippen LogP contribution in [0.1, 0.15) is 12.0 Å². The van der Waals surface area contributed by atoms with Crippen LogP contribution in [-0.2, 0) is 0 Å². The Morgan fingerprint density at radius 2 is 2.00 bits per heavy atom. The number of halogens is 1. The summed E-state index contributed by atoms with van der Waals surface area (Å²) in [5.41, 5.74) is 0.939. The zero-order valence-electron chi connectivity index (χ0n) is 8.37. The number of alkyl halides is 1. The fourth-order valence-electron chi connectivity index (χ4n) is 1.01. The molecule has 0 saturated carbocycles. The quantitative estimate of drug-likeness (QED) is 0.670. The largest absolute Gasteiger partial charge is 0.493 e. The van der Waals surface area contributed by atoms with Crippen molar-refractivity contribution < 1.29 is 9.84 Å². The summed E-state index contributed by atoms with van der Waals surface area (Å²) in [5.74, 6) is 6.67. The minimum absolute atomic E-state index is 0.111. The summed E-state index contributed by atoms with van der Waals surface area (Å²) in [6.45, 7) is 0.773. The average molecular weight is 269 g/mol. The maximum absolute atomic E-state index is 8.56. The van der Waals surface area contributed by atoms with Crippen LogP contribution in [0.2, 0.25) is 0 Å². The standard InChI is InChI=1S/C12H13BrO2/c13-8-10-15-12-6-4-11(5-7-12)3-1-2-9-14/h4-7,14H,2,8-10H2. The molecular weight excluding hydrogens is 256 g/mol. The molecule has 1 N–H and O–H groups in total. The topological polar surface area (TPSA) is 29.5 Å². The molecule has 1 aromatic rings. The van der Waals surface area contributed by atoms with Crippen molar-refractivity contribution in [3.63, 3.8) is 0 Å². The molecule has 0 fully saturated rings. The Hall–Kier alpha value is -0.980. The van der Waals surface area contributed by atoms with Crippen molar-refractivity contribution in [2.45, 2.75) is 6.42 Å². The predicted molar refractivity (Wildman–Crippen MR) is 64.3 cm³/mol. The number of hydrogen-bond acceptors (Lipinski definition) is 2. The molecule has 0 aliphatic rings. The molecule has 0 aromatic heterocycles. The van der Waals surface area contributed by atoms with E-state index in [9.17, 15) is 0 Å². The van der Waals surface area contributed by atoms with E-state index in [0.29, 0.717) is 13.0 Å². The minimum atomic E-state index is 0.111. The van der Waals surface area contributed by atoms with Crippen LogP contribution in [0.5, 0.6) is 5.75 Å². The number of hydrogen-bond donors (Lipinski definition) is 1. The van der Waals surface area contributed by atoms with Gasteiger partial charge in [0.1, 0.15) is 5.75 Å². The van der Waals surface area contributed by atoms with Gasteiger partial charge in [0.2, 0.25) is 0 Å². The lowest BCUT2D eigenvalue weighted by atomic mass is 10.2. The molecule has 0 bridgehead atoms. The highest BCUT2D eigenvalue weighted by Gasteiger charge is 1.92. The van der Waals surface area contributed by atoms with Crippen molar-refractivity contribution in [2.24, 2.45) is 0 Å². The molecule has 2 nitrogen and oxygen atoms in total. The molecule has 15 heavy (non-hydrogen) atoms. The van der Waals surface area contributed by atoms with Crippen molar-refractivity contribution in [1.29, 1.82) is 0 Å². The number of aliphatic hydroxyl groups excluding tert-OH is 1. The van der Waals surface area contributed by atoms with Gasteiger partial charge in [-0.05, 0) is 24.3 Å². The molecule has 0 unspecified atom stereocenters. The van der Waals surface area contributed by atoms with E-state index in [-0.39, 0.29) is 6.61 Å². The number of ether oxygens (including phenoxy) is 1. The Labute approximate surface area is 98.4 Å². The van der Waals surface area contributed by atoms with Crippen LogP contribution >= 0.6 is 15.9 Å². The first-order valence-corrected chi connectivity index (χ1v) is 5.87. The van der Waals surface area contributed by atoms with Gasteiger partial charge < -0.3 is 9.84 Å². The molecule has 1 aromatic carbocycles. The van der Waals surface area contributed by atoms with Crippen molar-refractivity contribution in [1.82, 2.24) is 0 Å². The molecule has 80 valence electrons. The van der Waals surface area contributed by atoms with Crippen LogP contribution in [0.25, 0.3) is 0 Å². The molecule has 0 radical (unpaired) electrons. The molecule has 0 aliphatic carbocycles. The summed E-state index contributed by atoms with van der Waals surface area (Å²) in [4.78, 5) is 0. The molecule has 0 spiro atoms. The Balaban J connectivity index is 2.53. The summed E-state index contributed by atoms with van der Waals surface area (Å²) in [5, 5.41) is 9.38. The van der Waals surface area contributed by atoms with Crippen LogP contribution < -0.4 is 4.74 Å². The van der Waals surface area contributed by atoms with Crippen molar-refractivity contribution in [3.05, 3.63) is 29.8 Å². The summed E-state index contributed by atoms with van der Waals surface area (Å²) >= 11 is 3.29. The second-order valence-corrected chi connectivity index (χ2v) is 3.63. The third kappa shape index (κ3) is 4.87. The van der Waals surface area contributed by atoms with Gasteiger partial charge in [-0.1, -0.05) is 27.8 Å². The Kier molecular flexibility index (Phi) is 5.91. The number of benzene rings is 1. The first-order valence-electron chi connectivity index (χ1n) is 4.75. The summed E-state index contributed by atoms with van der Waals surface area (Å²) in [7, 11) is 0. The zero-order chi connectivity index (χ0) is 10.9. The second-order valence-electron chi connectivity index (χ2n) is 2.84. The van der Waals surface area contributed by atoms with Crippen molar-refractivity contribution in [2.75, 3.05) is 18.5 Å². The molecule has 0 saturated heterocycles. The van der Waals surface area contributed by atoms with Gasteiger partial charge in [-0.15, -0.1) is 0 Å². The fourth-order valence-corrected chi connectivity index (χ4v) is 1.17. The van der Waals surface area contributed by atoms with Gasteiger partial charge in [0.15, 0.2) is 0 Å². The summed E-state index contributed by atoms with van der Waals surface area (Å²) in [6.07, 6.45) is 0.516. The molecule has 0 amide bonds. The van der Waals surface area contributed by atoms with Gasteiger partial charge in [0.05, 0.1) is 13.2 Å². The third-order valence-electron chi connectivity index (χ3n) is 1.67. The van der Waals surface area contributed by atoms with E-state index in [0.717, 1.165) is 16.6 Å². The van der Waals surface area contributed by atoms with E-state index in [4.69, 9.17) is 9.84 Å². The highest BCUT2D eigenvalue weighted by Crippen LogP contribution is 2.11. The highest BCUT2D eigenvalue weighted by atomic mass is 79.9. The highest BCUT2D eigenvalue weighted by molar-refractivity contribution is 9.09. The van der Waals surface area contributed by atoms with Crippen LogP contribution in [0, 0.1) is 11.8 Å². The molecule has 3 heteroatoms. The van der Waals surface area contributed by atoms with E-state index in [1.807, 2.05) is 24.3 Å². The summed E-state index contributed by atoms with van der Waals surface area (Å²) < 4.78 is 5.40. The SMILES string of the molecule is OCCC#Cc1ccc(OCCBr)cc1. The molecular formula is C12H13BrO2. The lowest BCUT2D eigenvalue weighted by Gasteiger charge is -2.02. The molecule has 0 aliphatic heterocycles. The van der Waals surface area contributed by atoms with Gasteiger partial charge in [0.25, 0.3) is 0 Å². The van der Waals surface area contributed by atoms with E-state index in [1.54, 1.807) is 0 Å². The molecule has 1 rings (SSSR count). The third-order valence-corrected chi connectivity index (χ3v) is 1.99. The summed E-state index contributed by atoms with van der Waals surface area (Å²) in [6, 6.07) is 7.61. The number of aliphatic hydroxyl groups is 1. The maximum Gasteiger partial charge on any atom is 0.119 e. The van der Waals surface area contributed by atoms with Gasteiger partial charge >= 0.3 is 0 Å². The van der Waals surface area contributed by atoms with Gasteiger partial charge in [-0.25, -0.2) is 0 Å². The lowest BCUT2D eigenvalue weighted by molar-refractivity contribution is 0.305. The van der Waals surface area contributed by atoms with Gasteiger partial charge in [-0.3, -0.25) is 0 Å². The van der Waals surface area contributed by atoms with Gasteiger partial charge in [0, 0.05) is 17.3 Å². The Morgan fingerprint density at radius 1 is 1.27 bits per heavy atom. The molecule has 0 atom stereocenters. The van der Waals surface area contributed by atoms with Crippen LogP contribution in [0.4, 0.5) is 0 Å². The van der Waals surface area contributed by atoms with E-state index in [2.05, 4.69) is 27.8 Å². The van der Waals surface area contributed by atoms with E-state index < -0.39 is 0 Å². The van der Waals surface area contributed by atoms with Crippen molar-refractivity contribution in [3.8, 4) is 17.6 Å². The Morgan fingerprint density at radius 3 is 2.60 bits per heavy atom. The minimum Gasteiger partial charge on any atom is -0.493 e. The smallest absolute Gasteiger partial charge is 0.119 e. The monoisotopic (exact) mass is 268 g/mol. The van der Waals surface area contributed by atoms with E-state index >= 15 is 0 Å². The average Bonchev–Trinajstić information content (AvgIpc) is 2.28. The Bertz CT molecular complexity index is 335. The van der Waals surface area contributed by atoms with Crippen molar-refractivity contribution >= 4 is 15.9 Å². The first kappa shape index (κ1) is 12.1.